The largest absolute Gasteiger partial charge is 0.392 e. The summed E-state index contributed by atoms with van der Waals surface area (Å²) in [7, 11) is 0. The summed E-state index contributed by atoms with van der Waals surface area (Å²) in [6.07, 6.45) is 4.96. The molecule has 6 nitrogen and oxygen atoms in total. The molecule has 1 aromatic heterocycles. The zero-order valence-corrected chi connectivity index (χ0v) is 23.7. The first-order chi connectivity index (χ1) is 19.0. The van der Waals surface area contributed by atoms with Crippen LogP contribution in [0.4, 0.5) is 0 Å². The van der Waals surface area contributed by atoms with Crippen LogP contribution in [0, 0.1) is 5.92 Å². The first-order valence-electron chi connectivity index (χ1n) is 14.2. The molecule has 2 aliphatic rings. The van der Waals surface area contributed by atoms with E-state index in [2.05, 4.69) is 52.3 Å². The van der Waals surface area contributed by atoms with Gasteiger partial charge in [0, 0.05) is 85.9 Å². The number of benzene rings is 2. The molecular weight excluding hydrogens is 508 g/mol. The second-order valence-corrected chi connectivity index (χ2v) is 11.2. The smallest absolute Gasteiger partial charge is 0.253 e. The van der Waals surface area contributed by atoms with Crippen molar-refractivity contribution >= 4 is 28.4 Å². The minimum atomic E-state index is -0.368. The Kier molecular flexibility index (Phi) is 8.98. The molecule has 2 aromatic carbocycles. The van der Waals surface area contributed by atoms with E-state index in [1.54, 1.807) is 0 Å². The third-order valence-corrected chi connectivity index (χ3v) is 8.65. The van der Waals surface area contributed by atoms with Gasteiger partial charge in [0.25, 0.3) is 5.91 Å². The van der Waals surface area contributed by atoms with Gasteiger partial charge in [-0.3, -0.25) is 14.7 Å². The van der Waals surface area contributed by atoms with Crippen molar-refractivity contribution in [3.8, 4) is 0 Å². The van der Waals surface area contributed by atoms with E-state index in [1.807, 2.05) is 43.1 Å². The molecule has 5 rings (SSSR count). The zero-order valence-electron chi connectivity index (χ0n) is 23.0. The van der Waals surface area contributed by atoms with Crippen molar-refractivity contribution in [2.45, 2.75) is 38.8 Å². The average molecular weight is 547 g/mol. The topological polar surface area (TPSA) is 59.9 Å². The molecule has 0 bridgehead atoms. The van der Waals surface area contributed by atoms with Gasteiger partial charge in [0.05, 0.1) is 17.7 Å². The van der Waals surface area contributed by atoms with Gasteiger partial charge in [-0.15, -0.1) is 0 Å². The minimum Gasteiger partial charge on any atom is -0.392 e. The Hall–Kier alpha value is -2.77. The van der Waals surface area contributed by atoms with Gasteiger partial charge in [-0.2, -0.15) is 0 Å². The van der Waals surface area contributed by atoms with Crippen LogP contribution >= 0.6 is 11.6 Å². The van der Waals surface area contributed by atoms with Crippen LogP contribution in [0.2, 0.25) is 0 Å². The number of fused-ring (bicyclic) bond motifs is 1. The van der Waals surface area contributed by atoms with Crippen molar-refractivity contribution in [1.29, 1.82) is 0 Å². The quantitative estimate of drug-likeness (QED) is 0.414. The predicted molar refractivity (Wildman–Crippen MR) is 158 cm³/mol. The number of halogens is 1. The Balaban J connectivity index is 1.39. The van der Waals surface area contributed by atoms with Gasteiger partial charge in [0.15, 0.2) is 0 Å². The van der Waals surface area contributed by atoms with E-state index in [-0.39, 0.29) is 24.0 Å². The van der Waals surface area contributed by atoms with Crippen LogP contribution in [0.3, 0.4) is 0 Å². The molecule has 3 aromatic rings. The van der Waals surface area contributed by atoms with Gasteiger partial charge in [-0.1, -0.05) is 54.1 Å². The molecule has 7 heteroatoms. The van der Waals surface area contributed by atoms with Crippen molar-refractivity contribution in [3.05, 3.63) is 88.6 Å². The summed E-state index contributed by atoms with van der Waals surface area (Å²) < 4.78 is 0. The van der Waals surface area contributed by atoms with Crippen LogP contribution < -0.4 is 0 Å². The molecule has 0 saturated carbocycles. The van der Waals surface area contributed by atoms with Crippen molar-refractivity contribution in [2.24, 2.45) is 5.92 Å². The number of hydrogen-bond donors (Lipinski definition) is 1. The number of carbonyl (C=O) groups is 1. The van der Waals surface area contributed by atoms with E-state index in [9.17, 15) is 9.90 Å². The normalized spacial score (nSPS) is 21.5. The molecule has 1 aliphatic carbocycles. The Bertz CT molecular complexity index is 1290. The van der Waals surface area contributed by atoms with E-state index in [4.69, 9.17) is 16.6 Å². The number of pyridine rings is 1. The maximum atomic E-state index is 12.9. The van der Waals surface area contributed by atoms with Gasteiger partial charge in [0.2, 0.25) is 0 Å². The van der Waals surface area contributed by atoms with Crippen LogP contribution in [0.5, 0.6) is 0 Å². The molecule has 2 heterocycles. The van der Waals surface area contributed by atoms with E-state index >= 15 is 0 Å². The highest BCUT2D eigenvalue weighted by Crippen LogP contribution is 2.34. The van der Waals surface area contributed by atoms with Crippen molar-refractivity contribution in [1.82, 2.24) is 19.7 Å². The van der Waals surface area contributed by atoms with Crippen molar-refractivity contribution in [3.63, 3.8) is 0 Å². The Morgan fingerprint density at radius 1 is 1.05 bits per heavy atom. The molecule has 39 heavy (non-hydrogen) atoms. The summed E-state index contributed by atoms with van der Waals surface area (Å²) in [5.74, 6) is 0.303. The SMILES string of the molecule is CCN(CC)C(=O)c1ccc(C(c2cccc3cccnc23)N2CCN(CC3CC=C(Cl)CC3O)CC2)cc1. The summed E-state index contributed by atoms with van der Waals surface area (Å²) in [5.41, 5.74) is 4.10. The summed E-state index contributed by atoms with van der Waals surface area (Å²) in [4.78, 5) is 24.6. The Morgan fingerprint density at radius 3 is 2.46 bits per heavy atom. The lowest BCUT2D eigenvalue weighted by Crippen LogP contribution is -2.50. The second-order valence-electron chi connectivity index (χ2n) is 10.7. The lowest BCUT2D eigenvalue weighted by Gasteiger charge is -2.41. The van der Waals surface area contributed by atoms with Gasteiger partial charge in [0.1, 0.15) is 0 Å². The summed E-state index contributed by atoms with van der Waals surface area (Å²) in [6.45, 7) is 10.0. The van der Waals surface area contributed by atoms with Gasteiger partial charge >= 0.3 is 0 Å². The lowest BCUT2D eigenvalue weighted by atomic mass is 9.90. The number of amides is 1. The van der Waals surface area contributed by atoms with Crippen molar-refractivity contribution in [2.75, 3.05) is 45.8 Å². The molecule has 1 aliphatic heterocycles. The van der Waals surface area contributed by atoms with Crippen LogP contribution in [-0.4, -0.2) is 82.6 Å². The fourth-order valence-corrected chi connectivity index (χ4v) is 6.30. The number of aromatic nitrogens is 1. The highest BCUT2D eigenvalue weighted by molar-refractivity contribution is 6.29. The maximum absolute atomic E-state index is 12.9. The molecule has 1 N–H and O–H groups in total. The third-order valence-electron chi connectivity index (χ3n) is 8.34. The zero-order chi connectivity index (χ0) is 27.4. The number of aliphatic hydroxyl groups is 1. The van der Waals surface area contributed by atoms with E-state index in [0.717, 1.165) is 60.6 Å². The second kappa shape index (κ2) is 12.6. The number of aliphatic hydroxyl groups excluding tert-OH is 1. The highest BCUT2D eigenvalue weighted by Gasteiger charge is 2.31. The maximum Gasteiger partial charge on any atom is 0.253 e. The number of para-hydroxylation sites is 1. The molecular formula is C32H39ClN4O2. The lowest BCUT2D eigenvalue weighted by molar-refractivity contribution is 0.0498. The molecule has 1 fully saturated rings. The first-order valence-corrected chi connectivity index (χ1v) is 14.6. The predicted octanol–water partition coefficient (Wildman–Crippen LogP) is 5.32. The number of nitrogens with zero attached hydrogens (tertiary/aromatic N) is 4. The van der Waals surface area contributed by atoms with E-state index in [0.29, 0.717) is 19.5 Å². The van der Waals surface area contributed by atoms with Gasteiger partial charge in [-0.25, -0.2) is 0 Å². The monoisotopic (exact) mass is 546 g/mol. The number of hydrogen-bond acceptors (Lipinski definition) is 5. The van der Waals surface area contributed by atoms with E-state index < -0.39 is 0 Å². The standard InChI is InChI=1S/C32H39ClN4O2/c1-3-36(4-2)32(39)25-12-10-24(11-13-25)31(28-9-5-7-23-8-6-16-34-30(23)28)37-19-17-35(18-20-37)22-26-14-15-27(33)21-29(26)38/h5-13,15-16,26,29,31,38H,3-4,14,17-22H2,1-2H3. The fourth-order valence-electron chi connectivity index (χ4n) is 6.06. The average Bonchev–Trinajstić information content (AvgIpc) is 2.96. The van der Waals surface area contributed by atoms with Gasteiger partial charge < -0.3 is 14.9 Å². The first kappa shape index (κ1) is 27.8. The van der Waals surface area contributed by atoms with Crippen LogP contribution in [0.1, 0.15) is 54.2 Å². The Morgan fingerprint density at radius 2 is 1.77 bits per heavy atom. The molecule has 3 unspecified atom stereocenters. The number of allylic oxidation sites excluding steroid dienone is 1. The Labute approximate surface area is 236 Å². The van der Waals surface area contributed by atoms with Crippen LogP contribution in [0.25, 0.3) is 10.9 Å². The molecule has 3 atom stereocenters. The van der Waals surface area contributed by atoms with Crippen molar-refractivity contribution < 1.29 is 9.90 Å². The fraction of sp³-hybridized carbons (Fsp3) is 0.438. The number of carbonyl (C=O) groups excluding carboxylic acids is 1. The third kappa shape index (κ3) is 6.20. The van der Waals surface area contributed by atoms with Crippen LogP contribution in [0.15, 0.2) is 71.9 Å². The summed E-state index contributed by atoms with van der Waals surface area (Å²) >= 11 is 6.14. The summed E-state index contributed by atoms with van der Waals surface area (Å²) in [5, 5.41) is 12.4. The highest BCUT2D eigenvalue weighted by atomic mass is 35.5. The van der Waals surface area contributed by atoms with Crippen LogP contribution in [-0.2, 0) is 0 Å². The molecule has 1 saturated heterocycles. The number of rotatable bonds is 8. The molecule has 0 radical (unpaired) electrons. The molecule has 206 valence electrons. The van der Waals surface area contributed by atoms with E-state index in [1.165, 1.54) is 11.1 Å². The molecule has 1 amide bonds. The summed E-state index contributed by atoms with van der Waals surface area (Å²) in [6, 6.07) is 18.7. The number of piperazine rings is 1. The van der Waals surface area contributed by atoms with Gasteiger partial charge in [-0.05, 0) is 44.0 Å². The minimum absolute atomic E-state index is 0.0327. The molecule has 0 spiro atoms.